The maximum atomic E-state index is 12.4. The third-order valence-electron chi connectivity index (χ3n) is 5.15. The van der Waals surface area contributed by atoms with E-state index in [4.69, 9.17) is 4.74 Å². The zero-order valence-electron chi connectivity index (χ0n) is 18.1. The van der Waals surface area contributed by atoms with Gasteiger partial charge in [0.25, 0.3) is 0 Å². The summed E-state index contributed by atoms with van der Waals surface area (Å²) in [7, 11) is 0. The monoisotopic (exact) mass is 452 g/mol. The fourth-order valence-corrected chi connectivity index (χ4v) is 3.45. The van der Waals surface area contributed by atoms with Crippen molar-refractivity contribution in [3.63, 3.8) is 0 Å². The predicted molar refractivity (Wildman–Crippen MR) is 114 cm³/mol. The maximum absolute atomic E-state index is 12.4. The number of carbonyl (C=O) groups excluding carboxylic acids is 1. The van der Waals surface area contributed by atoms with Crippen molar-refractivity contribution in [3.05, 3.63) is 48.3 Å². The van der Waals surface area contributed by atoms with Gasteiger partial charge in [-0.15, -0.1) is 13.2 Å². The molecule has 3 rings (SSSR count). The summed E-state index contributed by atoms with van der Waals surface area (Å²) in [4.78, 5) is 20.4. The predicted octanol–water partition coefficient (Wildman–Crippen LogP) is 5.00. The smallest absolute Gasteiger partial charge is 0.449 e. The Morgan fingerprint density at radius 2 is 2.00 bits per heavy atom. The summed E-state index contributed by atoms with van der Waals surface area (Å²) >= 11 is 0. The zero-order chi connectivity index (χ0) is 23.1. The molecule has 2 heterocycles. The van der Waals surface area contributed by atoms with Crippen LogP contribution in [-0.2, 0) is 11.3 Å². The van der Waals surface area contributed by atoms with E-state index in [-0.39, 0.29) is 11.8 Å². The van der Waals surface area contributed by atoms with Gasteiger partial charge in [-0.05, 0) is 49.2 Å². The van der Waals surface area contributed by atoms with Crippen LogP contribution in [0.1, 0.15) is 32.3 Å². The maximum Gasteiger partial charge on any atom is 0.573 e. The lowest BCUT2D eigenvalue weighted by atomic mass is 10.2. The van der Waals surface area contributed by atoms with Crippen molar-refractivity contribution >= 4 is 17.5 Å². The van der Waals surface area contributed by atoms with Crippen LogP contribution in [-0.4, -0.2) is 48.2 Å². The molecule has 1 aliphatic heterocycles. The lowest BCUT2D eigenvalue weighted by Crippen LogP contribution is -2.29. The summed E-state index contributed by atoms with van der Waals surface area (Å²) < 4.78 is 46.2. The summed E-state index contributed by atoms with van der Waals surface area (Å²) in [6, 6.07) is 7.89. The fourth-order valence-electron chi connectivity index (χ4n) is 3.45. The molecule has 1 N–H and O–H groups in total. The van der Waals surface area contributed by atoms with E-state index >= 15 is 0 Å². The normalized spacial score (nSPS) is 16.8. The van der Waals surface area contributed by atoms with Crippen molar-refractivity contribution < 1.29 is 27.4 Å². The second kappa shape index (κ2) is 10.5. The highest BCUT2D eigenvalue weighted by molar-refractivity contribution is 5.85. The highest BCUT2D eigenvalue weighted by Gasteiger charge is 2.31. The average Bonchev–Trinajstić information content (AvgIpc) is 3.09. The SMILES string of the molecule is CCCCOC(=O)Nc1cnccc1CN1CN(c2ccc(OC(F)(F)F)cc2)CC1C. The van der Waals surface area contributed by atoms with Gasteiger partial charge in [-0.1, -0.05) is 13.3 Å². The number of ether oxygens (including phenoxy) is 2. The van der Waals surface area contributed by atoms with E-state index in [2.05, 4.69) is 31.8 Å². The molecule has 1 saturated heterocycles. The minimum atomic E-state index is -4.71. The minimum Gasteiger partial charge on any atom is -0.449 e. The van der Waals surface area contributed by atoms with E-state index in [0.29, 0.717) is 32.1 Å². The number of unbranched alkanes of at least 4 members (excludes halogenated alkanes) is 1. The Hall–Kier alpha value is -3.01. The van der Waals surface area contributed by atoms with Crippen molar-refractivity contribution in [3.8, 4) is 5.75 Å². The van der Waals surface area contributed by atoms with Crippen LogP contribution in [0.15, 0.2) is 42.7 Å². The van der Waals surface area contributed by atoms with Gasteiger partial charge in [-0.2, -0.15) is 0 Å². The summed E-state index contributed by atoms with van der Waals surface area (Å²) in [6.45, 7) is 6.33. The Morgan fingerprint density at radius 1 is 1.25 bits per heavy atom. The van der Waals surface area contributed by atoms with Gasteiger partial charge in [0.1, 0.15) is 5.75 Å². The van der Waals surface area contributed by atoms with Gasteiger partial charge < -0.3 is 14.4 Å². The first-order valence-corrected chi connectivity index (χ1v) is 10.5. The number of alkyl halides is 3. The molecule has 1 fully saturated rings. The number of carbonyl (C=O) groups is 1. The molecule has 1 amide bonds. The van der Waals surface area contributed by atoms with Gasteiger partial charge in [0.15, 0.2) is 0 Å². The van der Waals surface area contributed by atoms with Crippen LogP contribution in [0, 0.1) is 0 Å². The topological polar surface area (TPSA) is 66.9 Å². The van der Waals surface area contributed by atoms with Crippen molar-refractivity contribution in [2.24, 2.45) is 0 Å². The van der Waals surface area contributed by atoms with Crippen LogP contribution in [0.2, 0.25) is 0 Å². The molecule has 10 heteroatoms. The van der Waals surface area contributed by atoms with Crippen LogP contribution in [0.5, 0.6) is 5.75 Å². The average molecular weight is 452 g/mol. The molecular weight excluding hydrogens is 425 g/mol. The van der Waals surface area contributed by atoms with Crippen LogP contribution in [0.4, 0.5) is 29.3 Å². The van der Waals surface area contributed by atoms with Crippen molar-refractivity contribution in [2.45, 2.75) is 45.6 Å². The first kappa shape index (κ1) is 23.6. The van der Waals surface area contributed by atoms with Gasteiger partial charge in [-0.25, -0.2) is 4.79 Å². The number of hydrogen-bond donors (Lipinski definition) is 1. The third kappa shape index (κ3) is 6.74. The zero-order valence-corrected chi connectivity index (χ0v) is 18.1. The number of hydrogen-bond acceptors (Lipinski definition) is 6. The van der Waals surface area contributed by atoms with Gasteiger partial charge in [0.05, 0.1) is 25.2 Å². The second-order valence-electron chi connectivity index (χ2n) is 7.65. The van der Waals surface area contributed by atoms with E-state index in [1.54, 1.807) is 24.5 Å². The number of aromatic nitrogens is 1. The van der Waals surface area contributed by atoms with Gasteiger partial charge in [0, 0.05) is 31.0 Å². The number of pyridine rings is 1. The number of nitrogens with one attached hydrogen (secondary N) is 1. The Kier molecular flexibility index (Phi) is 7.79. The molecule has 0 aliphatic carbocycles. The lowest BCUT2D eigenvalue weighted by Gasteiger charge is -2.22. The van der Waals surface area contributed by atoms with Crippen LogP contribution < -0.4 is 15.0 Å². The van der Waals surface area contributed by atoms with Crippen molar-refractivity contribution in [1.82, 2.24) is 9.88 Å². The molecule has 0 radical (unpaired) electrons. The first-order valence-electron chi connectivity index (χ1n) is 10.5. The second-order valence-corrected chi connectivity index (χ2v) is 7.65. The molecule has 174 valence electrons. The molecule has 1 aliphatic rings. The summed E-state index contributed by atoms with van der Waals surface area (Å²) in [5.74, 6) is -0.247. The molecule has 1 aromatic carbocycles. The van der Waals surface area contributed by atoms with E-state index < -0.39 is 12.5 Å². The summed E-state index contributed by atoms with van der Waals surface area (Å²) in [5, 5.41) is 2.76. The highest BCUT2D eigenvalue weighted by Crippen LogP contribution is 2.28. The largest absolute Gasteiger partial charge is 0.573 e. The quantitative estimate of drug-likeness (QED) is 0.569. The molecule has 1 unspecified atom stereocenters. The molecule has 0 saturated carbocycles. The van der Waals surface area contributed by atoms with E-state index in [1.807, 2.05) is 13.0 Å². The summed E-state index contributed by atoms with van der Waals surface area (Å²) in [5.41, 5.74) is 2.30. The molecule has 0 spiro atoms. The minimum absolute atomic E-state index is 0.193. The van der Waals surface area contributed by atoms with Crippen LogP contribution >= 0.6 is 0 Å². The molecule has 2 aromatic rings. The highest BCUT2D eigenvalue weighted by atomic mass is 19.4. The molecule has 0 bridgehead atoms. The third-order valence-corrected chi connectivity index (χ3v) is 5.15. The number of anilines is 2. The Labute approximate surface area is 185 Å². The van der Waals surface area contributed by atoms with Crippen LogP contribution in [0.3, 0.4) is 0 Å². The Balaban J connectivity index is 1.61. The molecule has 1 atom stereocenters. The lowest BCUT2D eigenvalue weighted by molar-refractivity contribution is -0.274. The number of nitrogens with zero attached hydrogens (tertiary/aromatic N) is 3. The Morgan fingerprint density at radius 3 is 2.69 bits per heavy atom. The van der Waals surface area contributed by atoms with Crippen LogP contribution in [0.25, 0.3) is 0 Å². The molecule has 7 nitrogen and oxygen atoms in total. The van der Waals surface area contributed by atoms with E-state index in [1.165, 1.54) is 12.1 Å². The Bertz CT molecular complexity index is 893. The van der Waals surface area contributed by atoms with Gasteiger partial charge in [-0.3, -0.25) is 15.2 Å². The number of benzene rings is 1. The van der Waals surface area contributed by atoms with Crippen molar-refractivity contribution in [1.29, 1.82) is 0 Å². The van der Waals surface area contributed by atoms with Gasteiger partial charge >= 0.3 is 12.5 Å². The standard InChI is InChI=1S/C22H27F3N4O3/c1-3-4-11-31-21(30)27-20-12-26-10-9-17(20)14-28-15-29(13-16(28)2)18-5-7-19(8-6-18)32-22(23,24)25/h5-10,12,16H,3-4,11,13-15H2,1-2H3,(H,27,30). The molecular formula is C22H27F3N4O3. The molecule has 32 heavy (non-hydrogen) atoms. The van der Waals surface area contributed by atoms with Gasteiger partial charge in [0.2, 0.25) is 0 Å². The molecule has 1 aromatic heterocycles. The number of amides is 1. The van der Waals surface area contributed by atoms with E-state index in [0.717, 1.165) is 24.1 Å². The number of rotatable bonds is 8. The fraction of sp³-hybridized carbons (Fsp3) is 0.455. The first-order chi connectivity index (χ1) is 15.2. The van der Waals surface area contributed by atoms with E-state index in [9.17, 15) is 18.0 Å². The number of halogens is 3. The summed E-state index contributed by atoms with van der Waals surface area (Å²) in [6.07, 6.45) is -0.219. The van der Waals surface area contributed by atoms with Crippen molar-refractivity contribution in [2.75, 3.05) is 30.0 Å².